The van der Waals surface area contributed by atoms with Gasteiger partial charge in [-0.15, -0.1) is 0 Å². The van der Waals surface area contributed by atoms with Gasteiger partial charge in [0.1, 0.15) is 17.3 Å². The molecular weight excluding hydrogens is 505 g/mol. The van der Waals surface area contributed by atoms with Gasteiger partial charge in [-0.2, -0.15) is 0 Å². The Labute approximate surface area is 235 Å². The maximum Gasteiger partial charge on any atom is 0.307 e. The van der Waals surface area contributed by atoms with Crippen LogP contribution >= 0.6 is 0 Å². The maximum atomic E-state index is 15.0. The van der Waals surface area contributed by atoms with Crippen molar-refractivity contribution in [2.24, 2.45) is 0 Å². The molecule has 4 aromatic rings. The number of benzene rings is 4. The molecule has 6 heteroatoms. The molecule has 0 saturated carbocycles. The van der Waals surface area contributed by atoms with Crippen LogP contribution in [0.4, 0.5) is 4.39 Å². The number of nitrogens with zero attached hydrogens (tertiary/aromatic N) is 1. The summed E-state index contributed by atoms with van der Waals surface area (Å²) >= 11 is 0. The highest BCUT2D eigenvalue weighted by atomic mass is 19.1. The standard InChI is InChI=1S/C34H36FNO4/c1-25(40-31-15-9-10-26(20-31)21-34(37)38)18-19-36(23-29-16-17-30(39-2)22-33(29)35)24-32(27-11-5-3-6-12-27)28-13-7-4-8-14-28/h3-17,20,22,25,32H,18-19,21,23-24H2,1-2H3,(H,37,38)/t25-/m1/s1. The molecule has 4 aromatic carbocycles. The first-order chi connectivity index (χ1) is 19.4. The molecule has 1 N–H and O–H groups in total. The summed E-state index contributed by atoms with van der Waals surface area (Å²) in [5.74, 6) is 0.0716. The zero-order chi connectivity index (χ0) is 28.3. The molecule has 0 aliphatic rings. The third-order valence-corrected chi connectivity index (χ3v) is 6.94. The molecule has 0 bridgehead atoms. The molecule has 0 amide bonds. The van der Waals surface area contributed by atoms with Crippen LogP contribution in [-0.4, -0.2) is 42.3 Å². The van der Waals surface area contributed by atoms with Crippen molar-refractivity contribution in [1.82, 2.24) is 4.90 Å². The summed E-state index contributed by atoms with van der Waals surface area (Å²) in [6.07, 6.45) is 0.528. The summed E-state index contributed by atoms with van der Waals surface area (Å²) in [4.78, 5) is 13.4. The van der Waals surface area contributed by atoms with Gasteiger partial charge in [0.15, 0.2) is 0 Å². The van der Waals surface area contributed by atoms with Gasteiger partial charge in [-0.1, -0.05) is 78.9 Å². The van der Waals surface area contributed by atoms with Gasteiger partial charge in [-0.3, -0.25) is 9.69 Å². The highest BCUT2D eigenvalue weighted by molar-refractivity contribution is 5.70. The molecule has 40 heavy (non-hydrogen) atoms. The Morgan fingerprint density at radius 2 is 1.55 bits per heavy atom. The van der Waals surface area contributed by atoms with E-state index in [0.29, 0.717) is 48.7 Å². The Bertz CT molecular complexity index is 1320. The minimum Gasteiger partial charge on any atom is -0.497 e. The zero-order valence-corrected chi connectivity index (χ0v) is 23.0. The molecule has 0 unspecified atom stereocenters. The lowest BCUT2D eigenvalue weighted by molar-refractivity contribution is -0.136. The van der Waals surface area contributed by atoms with E-state index in [9.17, 15) is 4.79 Å². The second-order valence-electron chi connectivity index (χ2n) is 10.0. The topological polar surface area (TPSA) is 59.0 Å². The summed E-state index contributed by atoms with van der Waals surface area (Å²) in [6, 6.07) is 33.0. The monoisotopic (exact) mass is 541 g/mol. The number of hydrogen-bond donors (Lipinski definition) is 1. The van der Waals surface area contributed by atoms with Gasteiger partial charge in [-0.05, 0) is 48.2 Å². The van der Waals surface area contributed by atoms with Gasteiger partial charge < -0.3 is 14.6 Å². The van der Waals surface area contributed by atoms with Crippen molar-refractivity contribution in [3.8, 4) is 11.5 Å². The molecule has 0 aliphatic heterocycles. The van der Waals surface area contributed by atoms with Crippen LogP contribution in [0.5, 0.6) is 11.5 Å². The van der Waals surface area contributed by atoms with Crippen molar-refractivity contribution < 1.29 is 23.8 Å². The van der Waals surface area contributed by atoms with E-state index in [4.69, 9.17) is 14.6 Å². The second-order valence-corrected chi connectivity index (χ2v) is 10.0. The average Bonchev–Trinajstić information content (AvgIpc) is 2.96. The minimum absolute atomic E-state index is 0.0485. The van der Waals surface area contributed by atoms with Crippen molar-refractivity contribution in [2.45, 2.75) is 38.3 Å². The Balaban J connectivity index is 1.53. The van der Waals surface area contributed by atoms with Gasteiger partial charge in [-0.25, -0.2) is 4.39 Å². The van der Waals surface area contributed by atoms with E-state index in [2.05, 4.69) is 29.2 Å². The fraction of sp³-hybridized carbons (Fsp3) is 0.265. The number of carbonyl (C=O) groups is 1. The summed E-state index contributed by atoms with van der Waals surface area (Å²) in [6.45, 7) is 3.81. The van der Waals surface area contributed by atoms with Crippen molar-refractivity contribution in [3.63, 3.8) is 0 Å². The molecule has 0 radical (unpaired) electrons. The number of rotatable bonds is 14. The molecule has 1 atom stereocenters. The highest BCUT2D eigenvalue weighted by Gasteiger charge is 2.21. The molecule has 0 fully saturated rings. The van der Waals surface area contributed by atoms with Crippen molar-refractivity contribution in [2.75, 3.05) is 20.2 Å². The molecule has 0 spiro atoms. The van der Waals surface area contributed by atoms with Crippen LogP contribution in [0, 0.1) is 5.82 Å². The molecule has 0 aliphatic carbocycles. The third-order valence-electron chi connectivity index (χ3n) is 6.94. The van der Waals surface area contributed by atoms with Crippen molar-refractivity contribution in [3.05, 3.63) is 131 Å². The van der Waals surface area contributed by atoms with Crippen LogP contribution < -0.4 is 9.47 Å². The van der Waals surface area contributed by atoms with Crippen LogP contribution in [0.2, 0.25) is 0 Å². The molecule has 4 rings (SSSR count). The Morgan fingerprint density at radius 1 is 0.875 bits per heavy atom. The predicted molar refractivity (Wildman–Crippen MR) is 155 cm³/mol. The third kappa shape index (κ3) is 8.42. The summed E-state index contributed by atoms with van der Waals surface area (Å²) in [5, 5.41) is 9.11. The number of aliphatic carboxylic acids is 1. The lowest BCUT2D eigenvalue weighted by atomic mass is 9.90. The van der Waals surface area contributed by atoms with Crippen LogP contribution in [0.3, 0.4) is 0 Å². The summed E-state index contributed by atoms with van der Waals surface area (Å²) in [5.41, 5.74) is 3.71. The number of hydrogen-bond acceptors (Lipinski definition) is 4. The van der Waals surface area contributed by atoms with E-state index in [1.165, 1.54) is 24.3 Å². The highest BCUT2D eigenvalue weighted by Crippen LogP contribution is 2.28. The first-order valence-electron chi connectivity index (χ1n) is 13.5. The number of methoxy groups -OCH3 is 1. The normalized spacial score (nSPS) is 11.9. The lowest BCUT2D eigenvalue weighted by Gasteiger charge is -2.29. The van der Waals surface area contributed by atoms with Crippen LogP contribution in [0.1, 0.15) is 41.5 Å². The number of halogens is 1. The average molecular weight is 542 g/mol. The van der Waals surface area contributed by atoms with E-state index in [0.717, 1.165) is 0 Å². The lowest BCUT2D eigenvalue weighted by Crippen LogP contribution is -2.32. The van der Waals surface area contributed by atoms with Crippen molar-refractivity contribution in [1.29, 1.82) is 0 Å². The first kappa shape index (κ1) is 28.8. The molecule has 5 nitrogen and oxygen atoms in total. The van der Waals surface area contributed by atoms with Crippen LogP contribution in [0.25, 0.3) is 0 Å². The Kier molecular flexibility index (Phi) is 10.3. The van der Waals surface area contributed by atoms with E-state index in [1.807, 2.05) is 55.5 Å². The number of carboxylic acids is 1. The van der Waals surface area contributed by atoms with Crippen molar-refractivity contribution >= 4 is 5.97 Å². The summed E-state index contributed by atoms with van der Waals surface area (Å²) < 4.78 is 26.4. The molecule has 0 heterocycles. The SMILES string of the molecule is COc1ccc(CN(CC[C@@H](C)Oc2cccc(CC(=O)O)c2)CC(c2ccccc2)c2ccccc2)c(F)c1. The predicted octanol–water partition coefficient (Wildman–Crippen LogP) is 6.95. The largest absolute Gasteiger partial charge is 0.497 e. The number of carboxylic acid groups (broad SMARTS) is 1. The molecule has 0 saturated heterocycles. The smallest absolute Gasteiger partial charge is 0.307 e. The summed E-state index contributed by atoms with van der Waals surface area (Å²) in [7, 11) is 1.53. The van der Waals surface area contributed by atoms with Gasteiger partial charge in [0.2, 0.25) is 0 Å². The van der Waals surface area contributed by atoms with E-state index < -0.39 is 5.97 Å². The zero-order valence-electron chi connectivity index (χ0n) is 23.0. The van der Waals surface area contributed by atoms with E-state index in [-0.39, 0.29) is 24.3 Å². The van der Waals surface area contributed by atoms with Gasteiger partial charge in [0, 0.05) is 37.2 Å². The first-order valence-corrected chi connectivity index (χ1v) is 13.5. The van der Waals surface area contributed by atoms with E-state index >= 15 is 4.39 Å². The van der Waals surface area contributed by atoms with Gasteiger partial charge >= 0.3 is 5.97 Å². The Morgan fingerprint density at radius 3 is 2.15 bits per heavy atom. The fourth-order valence-corrected chi connectivity index (χ4v) is 4.85. The van der Waals surface area contributed by atoms with Crippen LogP contribution in [0.15, 0.2) is 103 Å². The van der Waals surface area contributed by atoms with Gasteiger partial charge in [0.25, 0.3) is 0 Å². The van der Waals surface area contributed by atoms with Gasteiger partial charge in [0.05, 0.1) is 19.6 Å². The minimum atomic E-state index is -0.877. The van der Waals surface area contributed by atoms with E-state index in [1.54, 1.807) is 24.3 Å². The second kappa shape index (κ2) is 14.3. The maximum absolute atomic E-state index is 15.0. The molecule has 0 aromatic heterocycles. The van der Waals surface area contributed by atoms with Crippen LogP contribution in [-0.2, 0) is 17.8 Å². The number of ether oxygens (including phenoxy) is 2. The fourth-order valence-electron chi connectivity index (χ4n) is 4.85. The molecular formula is C34H36FNO4. The quantitative estimate of drug-likeness (QED) is 0.187. The Hall–Kier alpha value is -4.16. The molecule has 208 valence electrons.